The van der Waals surface area contributed by atoms with E-state index in [4.69, 9.17) is 0 Å². The zero-order chi connectivity index (χ0) is 13.9. The molecule has 0 radical (unpaired) electrons. The van der Waals surface area contributed by atoms with Gasteiger partial charge in [0.1, 0.15) is 11.5 Å². The lowest BCUT2D eigenvalue weighted by molar-refractivity contribution is 0.428. The zero-order valence-electron chi connectivity index (χ0n) is 11.2. The van der Waals surface area contributed by atoms with Gasteiger partial charge in [0.2, 0.25) is 0 Å². The number of hydrogen-bond donors (Lipinski definition) is 2. The predicted molar refractivity (Wildman–Crippen MR) is 84.2 cm³/mol. The molecule has 1 saturated carbocycles. The van der Waals surface area contributed by atoms with Gasteiger partial charge >= 0.3 is 0 Å². The molecule has 1 aliphatic rings. The Morgan fingerprint density at radius 2 is 1.65 bits per heavy atom. The van der Waals surface area contributed by atoms with E-state index in [1.807, 2.05) is 23.6 Å². The zero-order valence-corrected chi connectivity index (χ0v) is 12.1. The molecule has 104 valence electrons. The van der Waals surface area contributed by atoms with E-state index >= 15 is 0 Å². The van der Waals surface area contributed by atoms with Crippen LogP contribution in [-0.4, -0.2) is 10.2 Å². The number of benzene rings is 1. The van der Waals surface area contributed by atoms with Crippen molar-refractivity contribution in [2.75, 3.05) is 0 Å². The monoisotopic (exact) mass is 286 g/mol. The average molecular weight is 286 g/mol. The lowest BCUT2D eigenvalue weighted by Crippen LogP contribution is -1.94. The van der Waals surface area contributed by atoms with E-state index in [1.165, 1.54) is 12.8 Å². The maximum atomic E-state index is 10.2. The quantitative estimate of drug-likeness (QED) is 0.834. The number of phenols is 2. The molecule has 2 N–H and O–H groups in total. The highest BCUT2D eigenvalue weighted by Gasteiger charge is 2.23. The standard InChI is InChI=1S/C17H18O2S/c18-15-9-13(6-5-12-7-8-20-11-12)10-16(19)17(15)14-3-1-2-4-14/h5-11,14,18-19H,1-4H2. The van der Waals surface area contributed by atoms with Gasteiger partial charge in [-0.25, -0.2) is 0 Å². The number of aromatic hydroxyl groups is 2. The van der Waals surface area contributed by atoms with E-state index in [0.29, 0.717) is 5.92 Å². The van der Waals surface area contributed by atoms with Crippen molar-refractivity contribution in [1.29, 1.82) is 0 Å². The second-order valence-corrected chi connectivity index (χ2v) is 6.12. The summed E-state index contributed by atoms with van der Waals surface area (Å²) in [5.41, 5.74) is 2.69. The molecule has 2 nitrogen and oxygen atoms in total. The number of hydrogen-bond acceptors (Lipinski definition) is 3. The van der Waals surface area contributed by atoms with Crippen molar-refractivity contribution in [2.24, 2.45) is 0 Å². The van der Waals surface area contributed by atoms with Crippen molar-refractivity contribution in [3.8, 4) is 11.5 Å². The molecule has 0 unspecified atom stereocenters. The van der Waals surface area contributed by atoms with Crippen LogP contribution in [0.2, 0.25) is 0 Å². The van der Waals surface area contributed by atoms with Crippen molar-refractivity contribution < 1.29 is 10.2 Å². The summed E-state index contributed by atoms with van der Waals surface area (Å²) in [6.07, 6.45) is 8.39. The van der Waals surface area contributed by atoms with E-state index in [0.717, 1.165) is 29.5 Å². The summed E-state index contributed by atoms with van der Waals surface area (Å²) in [6.45, 7) is 0. The molecule has 3 rings (SSSR count). The molecule has 0 atom stereocenters. The first kappa shape index (κ1) is 13.3. The third kappa shape index (κ3) is 2.73. The molecule has 1 aromatic heterocycles. The molecule has 1 aliphatic carbocycles. The third-order valence-electron chi connectivity index (χ3n) is 3.93. The molecule has 0 spiro atoms. The van der Waals surface area contributed by atoms with Crippen molar-refractivity contribution in [2.45, 2.75) is 31.6 Å². The molecule has 1 heterocycles. The van der Waals surface area contributed by atoms with Gasteiger partial charge in [-0.2, -0.15) is 11.3 Å². The van der Waals surface area contributed by atoms with E-state index < -0.39 is 0 Å². The van der Waals surface area contributed by atoms with Crippen LogP contribution in [0.4, 0.5) is 0 Å². The molecule has 3 heteroatoms. The van der Waals surface area contributed by atoms with E-state index in [1.54, 1.807) is 23.5 Å². The van der Waals surface area contributed by atoms with Crippen LogP contribution in [0, 0.1) is 0 Å². The fourth-order valence-corrected chi connectivity index (χ4v) is 3.56. The van der Waals surface area contributed by atoms with Crippen molar-refractivity contribution >= 4 is 23.5 Å². The highest BCUT2D eigenvalue weighted by atomic mass is 32.1. The molecular formula is C17H18O2S. The van der Waals surface area contributed by atoms with Gasteiger partial charge in [0.25, 0.3) is 0 Å². The Morgan fingerprint density at radius 3 is 2.25 bits per heavy atom. The second kappa shape index (κ2) is 5.71. The highest BCUT2D eigenvalue weighted by Crippen LogP contribution is 2.43. The minimum Gasteiger partial charge on any atom is -0.507 e. The molecule has 0 saturated heterocycles. The van der Waals surface area contributed by atoms with Gasteiger partial charge in [-0.3, -0.25) is 0 Å². The first-order valence-electron chi connectivity index (χ1n) is 7.00. The molecule has 1 aromatic carbocycles. The van der Waals surface area contributed by atoms with Gasteiger partial charge in [-0.15, -0.1) is 0 Å². The summed E-state index contributed by atoms with van der Waals surface area (Å²) in [4.78, 5) is 0. The van der Waals surface area contributed by atoms with Crippen molar-refractivity contribution in [3.05, 3.63) is 45.6 Å². The number of rotatable bonds is 3. The van der Waals surface area contributed by atoms with Gasteiger partial charge in [-0.1, -0.05) is 25.0 Å². The maximum Gasteiger partial charge on any atom is 0.123 e. The number of phenolic OH excluding ortho intramolecular Hbond substituents is 2. The van der Waals surface area contributed by atoms with E-state index in [2.05, 4.69) is 5.38 Å². The topological polar surface area (TPSA) is 40.5 Å². The minimum atomic E-state index is 0.224. The Bertz CT molecular complexity index is 585. The van der Waals surface area contributed by atoms with E-state index in [-0.39, 0.29) is 11.5 Å². The summed E-state index contributed by atoms with van der Waals surface area (Å²) >= 11 is 1.65. The van der Waals surface area contributed by atoms with Crippen LogP contribution in [0.5, 0.6) is 11.5 Å². The van der Waals surface area contributed by atoms with Gasteiger partial charge in [-0.05, 0) is 58.8 Å². The fourth-order valence-electron chi connectivity index (χ4n) is 2.94. The first-order chi connectivity index (χ1) is 9.74. The van der Waals surface area contributed by atoms with Crippen LogP contribution in [0.25, 0.3) is 12.2 Å². The third-order valence-corrected chi connectivity index (χ3v) is 4.63. The van der Waals surface area contributed by atoms with Crippen LogP contribution in [-0.2, 0) is 0 Å². The Kier molecular flexibility index (Phi) is 3.79. The Labute approximate surface area is 123 Å². The summed E-state index contributed by atoms with van der Waals surface area (Å²) < 4.78 is 0. The lowest BCUT2D eigenvalue weighted by atomic mass is 9.94. The lowest BCUT2D eigenvalue weighted by Gasteiger charge is -2.14. The largest absolute Gasteiger partial charge is 0.507 e. The van der Waals surface area contributed by atoms with Crippen LogP contribution in [0.3, 0.4) is 0 Å². The summed E-state index contributed by atoms with van der Waals surface area (Å²) in [5, 5.41) is 24.5. The van der Waals surface area contributed by atoms with Gasteiger partial charge in [0.15, 0.2) is 0 Å². The molecular weight excluding hydrogens is 268 g/mol. The van der Waals surface area contributed by atoms with Gasteiger partial charge in [0, 0.05) is 5.56 Å². The van der Waals surface area contributed by atoms with Crippen molar-refractivity contribution in [1.82, 2.24) is 0 Å². The van der Waals surface area contributed by atoms with Crippen LogP contribution in [0.15, 0.2) is 29.0 Å². The van der Waals surface area contributed by atoms with Crippen molar-refractivity contribution in [3.63, 3.8) is 0 Å². The second-order valence-electron chi connectivity index (χ2n) is 5.34. The van der Waals surface area contributed by atoms with Gasteiger partial charge in [0.05, 0.1) is 0 Å². The maximum absolute atomic E-state index is 10.2. The number of thiophene rings is 1. The Morgan fingerprint density at radius 1 is 1.00 bits per heavy atom. The molecule has 0 amide bonds. The smallest absolute Gasteiger partial charge is 0.123 e. The summed E-state index contributed by atoms with van der Waals surface area (Å²) in [5.74, 6) is 0.758. The molecule has 0 aliphatic heterocycles. The SMILES string of the molecule is Oc1cc(C=Cc2ccsc2)cc(O)c1C1CCCC1. The van der Waals surface area contributed by atoms with Gasteiger partial charge < -0.3 is 10.2 Å². The van der Waals surface area contributed by atoms with E-state index in [9.17, 15) is 10.2 Å². The first-order valence-corrected chi connectivity index (χ1v) is 7.94. The highest BCUT2D eigenvalue weighted by molar-refractivity contribution is 7.08. The summed E-state index contributed by atoms with van der Waals surface area (Å²) in [7, 11) is 0. The molecule has 1 fully saturated rings. The Balaban J connectivity index is 1.87. The molecule has 0 bridgehead atoms. The average Bonchev–Trinajstić information content (AvgIpc) is 3.09. The predicted octanol–water partition coefficient (Wildman–Crippen LogP) is 4.99. The minimum absolute atomic E-state index is 0.224. The van der Waals surface area contributed by atoms with Crippen LogP contribution < -0.4 is 0 Å². The Hall–Kier alpha value is -1.74. The molecule has 2 aromatic rings. The molecule has 20 heavy (non-hydrogen) atoms. The normalized spacial score (nSPS) is 16.2. The van der Waals surface area contributed by atoms with Crippen LogP contribution in [0.1, 0.15) is 48.3 Å². The van der Waals surface area contributed by atoms with Crippen LogP contribution >= 0.6 is 11.3 Å². The fraction of sp³-hybridized carbons (Fsp3) is 0.294. The summed E-state index contributed by atoms with van der Waals surface area (Å²) in [6, 6.07) is 5.53.